The van der Waals surface area contributed by atoms with Crippen LogP contribution in [0.5, 0.6) is 11.5 Å². The van der Waals surface area contributed by atoms with Gasteiger partial charge in [0.15, 0.2) is 11.5 Å². The predicted molar refractivity (Wildman–Crippen MR) is 114 cm³/mol. The van der Waals surface area contributed by atoms with Crippen molar-refractivity contribution in [1.82, 2.24) is 9.88 Å². The number of nitrogens with one attached hydrogen (secondary N) is 1. The molecule has 0 bridgehead atoms. The molecular formula is C22H26N4O3. The summed E-state index contributed by atoms with van der Waals surface area (Å²) in [4.78, 5) is 19.1. The van der Waals surface area contributed by atoms with E-state index in [-0.39, 0.29) is 12.6 Å². The standard InChI is InChI=1S/C22H26N4O3/c1-4-26(14-15-8-6-5-7-9-15)22(27)25-19-13-24-18(12-23)16-10-20(28-2)21(29-3)11-17(16)19/h5-11,13H,4,12,14,23H2,1-3H3,(H,25,27). The normalized spacial score (nSPS) is 10.6. The fourth-order valence-corrected chi connectivity index (χ4v) is 3.21. The van der Waals surface area contributed by atoms with Gasteiger partial charge in [-0.15, -0.1) is 0 Å². The van der Waals surface area contributed by atoms with Crippen LogP contribution >= 0.6 is 0 Å². The van der Waals surface area contributed by atoms with Crippen molar-refractivity contribution in [2.75, 3.05) is 26.1 Å². The van der Waals surface area contributed by atoms with Crippen LogP contribution in [0.15, 0.2) is 48.7 Å². The lowest BCUT2D eigenvalue weighted by Gasteiger charge is -2.22. The van der Waals surface area contributed by atoms with Crippen molar-refractivity contribution in [3.63, 3.8) is 0 Å². The van der Waals surface area contributed by atoms with Gasteiger partial charge in [0, 0.05) is 30.4 Å². The highest BCUT2D eigenvalue weighted by Crippen LogP contribution is 2.36. The third-order valence-corrected chi connectivity index (χ3v) is 4.79. The number of fused-ring (bicyclic) bond motifs is 1. The van der Waals surface area contributed by atoms with Crippen molar-refractivity contribution >= 4 is 22.5 Å². The van der Waals surface area contributed by atoms with E-state index in [9.17, 15) is 4.79 Å². The summed E-state index contributed by atoms with van der Waals surface area (Å²) < 4.78 is 10.8. The van der Waals surface area contributed by atoms with Crippen LogP contribution in [0.4, 0.5) is 10.5 Å². The van der Waals surface area contributed by atoms with Gasteiger partial charge in [0.25, 0.3) is 0 Å². The number of carbonyl (C=O) groups is 1. The molecule has 0 aliphatic rings. The second kappa shape index (κ2) is 9.25. The molecule has 2 amide bonds. The van der Waals surface area contributed by atoms with Crippen molar-refractivity contribution in [2.24, 2.45) is 5.73 Å². The summed E-state index contributed by atoms with van der Waals surface area (Å²) in [5.74, 6) is 1.15. The van der Waals surface area contributed by atoms with Crippen LogP contribution in [0.2, 0.25) is 0 Å². The van der Waals surface area contributed by atoms with Crippen molar-refractivity contribution in [3.05, 3.63) is 59.9 Å². The second-order valence-electron chi connectivity index (χ2n) is 6.51. The minimum absolute atomic E-state index is 0.199. The van der Waals surface area contributed by atoms with Crippen LogP contribution < -0.4 is 20.5 Å². The molecule has 0 aliphatic carbocycles. The molecule has 3 N–H and O–H groups in total. The highest BCUT2D eigenvalue weighted by atomic mass is 16.5. The first-order valence-corrected chi connectivity index (χ1v) is 9.44. The largest absolute Gasteiger partial charge is 0.493 e. The molecule has 2 aromatic carbocycles. The van der Waals surface area contributed by atoms with Gasteiger partial charge < -0.3 is 25.4 Å². The van der Waals surface area contributed by atoms with Crippen molar-refractivity contribution < 1.29 is 14.3 Å². The van der Waals surface area contributed by atoms with Gasteiger partial charge in [0.05, 0.1) is 31.8 Å². The van der Waals surface area contributed by atoms with E-state index in [1.54, 1.807) is 25.3 Å². The van der Waals surface area contributed by atoms with E-state index in [2.05, 4.69) is 10.3 Å². The quantitative estimate of drug-likeness (QED) is 0.637. The molecule has 3 aromatic rings. The van der Waals surface area contributed by atoms with Crippen LogP contribution in [0.1, 0.15) is 18.2 Å². The van der Waals surface area contributed by atoms with Crippen molar-refractivity contribution in [3.8, 4) is 11.5 Å². The van der Waals surface area contributed by atoms with Gasteiger partial charge in [-0.1, -0.05) is 30.3 Å². The number of hydrogen-bond acceptors (Lipinski definition) is 5. The maximum atomic E-state index is 12.9. The number of aromatic nitrogens is 1. The van der Waals surface area contributed by atoms with Crippen molar-refractivity contribution in [2.45, 2.75) is 20.0 Å². The van der Waals surface area contributed by atoms with Gasteiger partial charge >= 0.3 is 6.03 Å². The zero-order valence-corrected chi connectivity index (χ0v) is 16.9. The Morgan fingerprint density at radius 1 is 1.10 bits per heavy atom. The summed E-state index contributed by atoms with van der Waals surface area (Å²) in [6.45, 7) is 3.32. The van der Waals surface area contributed by atoms with Crippen molar-refractivity contribution in [1.29, 1.82) is 0 Å². The number of anilines is 1. The summed E-state index contributed by atoms with van der Waals surface area (Å²) in [6.07, 6.45) is 1.63. The highest BCUT2D eigenvalue weighted by molar-refractivity contribution is 6.03. The Kier molecular flexibility index (Phi) is 6.51. The lowest BCUT2D eigenvalue weighted by Crippen LogP contribution is -2.34. The molecule has 0 atom stereocenters. The van der Waals surface area contributed by atoms with Gasteiger partial charge in [-0.25, -0.2) is 4.79 Å². The first-order chi connectivity index (χ1) is 14.1. The second-order valence-corrected chi connectivity index (χ2v) is 6.51. The fourth-order valence-electron chi connectivity index (χ4n) is 3.21. The molecule has 0 aliphatic heterocycles. The first kappa shape index (κ1) is 20.4. The molecule has 3 rings (SSSR count). The van der Waals surface area contributed by atoms with E-state index in [0.717, 1.165) is 22.0 Å². The zero-order valence-electron chi connectivity index (χ0n) is 16.9. The molecule has 0 radical (unpaired) electrons. The lowest BCUT2D eigenvalue weighted by atomic mass is 10.1. The maximum Gasteiger partial charge on any atom is 0.322 e. The summed E-state index contributed by atoms with van der Waals surface area (Å²) >= 11 is 0. The Balaban J connectivity index is 1.95. The maximum absolute atomic E-state index is 12.9. The van der Waals surface area contributed by atoms with Crippen LogP contribution in [0.25, 0.3) is 10.8 Å². The number of carbonyl (C=O) groups excluding carboxylic acids is 1. The summed E-state index contributed by atoms with van der Waals surface area (Å²) in [5, 5.41) is 4.59. The van der Waals surface area contributed by atoms with E-state index in [1.807, 2.05) is 49.4 Å². The minimum Gasteiger partial charge on any atom is -0.493 e. The molecule has 0 saturated heterocycles. The minimum atomic E-state index is -0.199. The highest BCUT2D eigenvalue weighted by Gasteiger charge is 2.17. The van der Waals surface area contributed by atoms with Crippen LogP contribution in [-0.2, 0) is 13.1 Å². The molecule has 0 saturated carbocycles. The molecule has 152 valence electrons. The monoisotopic (exact) mass is 394 g/mol. The fraction of sp³-hybridized carbons (Fsp3) is 0.273. The lowest BCUT2D eigenvalue weighted by molar-refractivity contribution is 0.212. The molecule has 29 heavy (non-hydrogen) atoms. The van der Waals surface area contributed by atoms with Gasteiger partial charge in [-0.3, -0.25) is 4.98 Å². The van der Waals surface area contributed by atoms with E-state index in [1.165, 1.54) is 0 Å². The van der Waals surface area contributed by atoms with Gasteiger partial charge in [-0.05, 0) is 24.6 Å². The Morgan fingerprint density at radius 3 is 2.34 bits per heavy atom. The molecule has 1 heterocycles. The number of urea groups is 1. The van der Waals surface area contributed by atoms with E-state index in [4.69, 9.17) is 15.2 Å². The molecule has 0 spiro atoms. The smallest absolute Gasteiger partial charge is 0.322 e. The van der Waals surface area contributed by atoms with E-state index in [0.29, 0.717) is 30.3 Å². The Hall–Kier alpha value is -3.32. The number of nitrogens with two attached hydrogens (primary N) is 1. The predicted octanol–water partition coefficient (Wildman–Crippen LogP) is 3.76. The molecule has 7 nitrogen and oxygen atoms in total. The average molecular weight is 394 g/mol. The molecule has 7 heteroatoms. The molecule has 0 unspecified atom stereocenters. The van der Waals surface area contributed by atoms with E-state index >= 15 is 0 Å². The van der Waals surface area contributed by atoms with Crippen LogP contribution in [-0.4, -0.2) is 36.7 Å². The van der Waals surface area contributed by atoms with Gasteiger partial charge in [-0.2, -0.15) is 0 Å². The third kappa shape index (κ3) is 4.41. The topological polar surface area (TPSA) is 89.7 Å². The molecule has 1 aromatic heterocycles. The molecular weight excluding hydrogens is 368 g/mol. The number of amides is 2. The zero-order chi connectivity index (χ0) is 20.8. The Bertz CT molecular complexity index is 992. The molecule has 0 fully saturated rings. The first-order valence-electron chi connectivity index (χ1n) is 9.44. The number of nitrogens with zero attached hydrogens (tertiary/aromatic N) is 2. The number of benzene rings is 2. The number of pyridine rings is 1. The summed E-state index contributed by atoms with van der Waals surface area (Å²) in [7, 11) is 3.15. The average Bonchev–Trinajstić information content (AvgIpc) is 2.77. The Labute approximate surface area is 170 Å². The van der Waals surface area contributed by atoms with E-state index < -0.39 is 0 Å². The summed E-state index contributed by atoms with van der Waals surface area (Å²) in [6, 6.07) is 13.3. The SMILES string of the molecule is CCN(Cc1ccccc1)C(=O)Nc1cnc(CN)c2cc(OC)c(OC)cc12. The number of ether oxygens (including phenoxy) is 2. The number of hydrogen-bond donors (Lipinski definition) is 2. The number of rotatable bonds is 7. The Morgan fingerprint density at radius 2 is 1.76 bits per heavy atom. The summed E-state index contributed by atoms with van der Waals surface area (Å²) in [5.41, 5.74) is 8.23. The third-order valence-electron chi connectivity index (χ3n) is 4.79. The van der Waals surface area contributed by atoms with Crippen LogP contribution in [0.3, 0.4) is 0 Å². The van der Waals surface area contributed by atoms with Gasteiger partial charge in [0.2, 0.25) is 0 Å². The number of methoxy groups -OCH3 is 2. The van der Waals surface area contributed by atoms with Gasteiger partial charge in [0.1, 0.15) is 0 Å². The van der Waals surface area contributed by atoms with Crippen LogP contribution in [0, 0.1) is 0 Å².